The lowest BCUT2D eigenvalue weighted by molar-refractivity contribution is -0.136. The van der Waals surface area contributed by atoms with Gasteiger partial charge in [0.25, 0.3) is 0 Å². The molecule has 0 saturated carbocycles. The number of benzene rings is 1. The Labute approximate surface area is 92.0 Å². The van der Waals surface area contributed by atoms with Gasteiger partial charge in [-0.1, -0.05) is 35.5 Å². The van der Waals surface area contributed by atoms with Crippen LogP contribution in [0.1, 0.15) is 5.56 Å². The van der Waals surface area contributed by atoms with Crippen molar-refractivity contribution in [2.24, 2.45) is 5.16 Å². The summed E-state index contributed by atoms with van der Waals surface area (Å²) in [7, 11) is 0. The van der Waals surface area contributed by atoms with Crippen LogP contribution in [0.4, 0.5) is 0 Å². The number of hydrogen-bond donors (Lipinski definition) is 0. The van der Waals surface area contributed by atoms with Crippen LogP contribution in [0.25, 0.3) is 6.08 Å². The molecule has 1 heterocycles. The van der Waals surface area contributed by atoms with Crippen LogP contribution in [0.5, 0.6) is 0 Å². The molecule has 0 aromatic heterocycles. The average Bonchev–Trinajstić information content (AvgIpc) is 2.62. The van der Waals surface area contributed by atoms with Crippen molar-refractivity contribution in [1.29, 1.82) is 0 Å². The van der Waals surface area contributed by atoms with Gasteiger partial charge in [0.15, 0.2) is 0 Å². The highest BCUT2D eigenvalue weighted by Gasteiger charge is 2.24. The number of rotatable bonds is 2. The van der Waals surface area contributed by atoms with Crippen LogP contribution in [-0.4, -0.2) is 17.6 Å². The van der Waals surface area contributed by atoms with Crippen molar-refractivity contribution in [1.82, 2.24) is 0 Å². The van der Waals surface area contributed by atoms with Crippen LogP contribution >= 0.6 is 11.6 Å². The van der Waals surface area contributed by atoms with Gasteiger partial charge in [-0.3, -0.25) is 0 Å². The number of oxime groups is 1. The number of alkyl halides is 1. The molecule has 15 heavy (non-hydrogen) atoms. The third kappa shape index (κ3) is 2.07. The van der Waals surface area contributed by atoms with Crippen LogP contribution in [0, 0.1) is 0 Å². The molecule has 0 atom stereocenters. The van der Waals surface area contributed by atoms with Gasteiger partial charge in [-0.25, -0.2) is 4.79 Å². The van der Waals surface area contributed by atoms with Crippen molar-refractivity contribution in [3.63, 3.8) is 0 Å². The first-order valence-corrected chi connectivity index (χ1v) is 4.96. The molecule has 0 fully saturated rings. The van der Waals surface area contributed by atoms with Gasteiger partial charge in [-0.05, 0) is 11.6 Å². The monoisotopic (exact) mass is 221 g/mol. The molecule has 3 nitrogen and oxygen atoms in total. The van der Waals surface area contributed by atoms with E-state index < -0.39 is 5.97 Å². The van der Waals surface area contributed by atoms with Crippen molar-refractivity contribution < 1.29 is 9.63 Å². The molecular weight excluding hydrogens is 214 g/mol. The maximum absolute atomic E-state index is 11.3. The largest absolute Gasteiger partial charge is 0.367 e. The summed E-state index contributed by atoms with van der Waals surface area (Å²) in [5.74, 6) is -0.278. The Morgan fingerprint density at radius 1 is 1.33 bits per heavy atom. The van der Waals surface area contributed by atoms with E-state index in [1.807, 2.05) is 30.3 Å². The summed E-state index contributed by atoms with van der Waals surface area (Å²) >= 11 is 5.63. The highest BCUT2D eigenvalue weighted by molar-refractivity contribution is 6.38. The van der Waals surface area contributed by atoms with Crippen LogP contribution in [0.3, 0.4) is 0 Å². The molecule has 0 radical (unpaired) electrons. The molecule has 1 aliphatic heterocycles. The molecule has 0 bridgehead atoms. The highest BCUT2D eigenvalue weighted by Crippen LogP contribution is 2.16. The van der Waals surface area contributed by atoms with E-state index in [-0.39, 0.29) is 5.88 Å². The van der Waals surface area contributed by atoms with E-state index >= 15 is 0 Å². The predicted molar refractivity (Wildman–Crippen MR) is 58.7 cm³/mol. The van der Waals surface area contributed by atoms with E-state index in [4.69, 9.17) is 11.6 Å². The predicted octanol–water partition coefficient (Wildman–Crippen LogP) is 2.22. The van der Waals surface area contributed by atoms with E-state index in [1.54, 1.807) is 6.08 Å². The molecule has 1 aromatic rings. The molecule has 0 amide bonds. The van der Waals surface area contributed by atoms with E-state index in [2.05, 4.69) is 9.99 Å². The Balaban J connectivity index is 2.34. The minimum atomic E-state index is -0.450. The van der Waals surface area contributed by atoms with Gasteiger partial charge in [-0.15, -0.1) is 11.6 Å². The number of nitrogens with zero attached hydrogens (tertiary/aromatic N) is 1. The summed E-state index contributed by atoms with van der Waals surface area (Å²) in [6.45, 7) is 0. The first-order chi connectivity index (χ1) is 7.31. The third-order valence-corrected chi connectivity index (χ3v) is 2.26. The summed E-state index contributed by atoms with van der Waals surface area (Å²) < 4.78 is 0. The third-order valence-electron chi connectivity index (χ3n) is 2.01. The second kappa shape index (κ2) is 4.28. The zero-order valence-electron chi connectivity index (χ0n) is 7.81. The number of hydrogen-bond acceptors (Lipinski definition) is 3. The first-order valence-electron chi connectivity index (χ1n) is 4.42. The molecule has 4 heteroatoms. The fraction of sp³-hybridized carbons (Fsp3) is 0.0909. The average molecular weight is 222 g/mol. The smallest absolute Gasteiger partial charge is 0.312 e. The lowest BCUT2D eigenvalue weighted by Crippen LogP contribution is -2.06. The SMILES string of the molecule is O=C1ON=C(CCl)/C1=C\c1ccccc1. The van der Waals surface area contributed by atoms with Crippen LogP contribution in [-0.2, 0) is 9.63 Å². The fourth-order valence-electron chi connectivity index (χ4n) is 1.27. The van der Waals surface area contributed by atoms with Gasteiger partial charge in [0, 0.05) is 0 Å². The van der Waals surface area contributed by atoms with Gasteiger partial charge >= 0.3 is 5.97 Å². The minimum absolute atomic E-state index is 0.171. The molecular formula is C11H8ClNO2. The Bertz CT molecular complexity index is 437. The van der Waals surface area contributed by atoms with E-state index in [9.17, 15) is 4.79 Å². The maximum Gasteiger partial charge on any atom is 0.367 e. The van der Waals surface area contributed by atoms with Gasteiger partial charge < -0.3 is 4.84 Å². The Kier molecular flexibility index (Phi) is 2.83. The highest BCUT2D eigenvalue weighted by atomic mass is 35.5. The fourth-order valence-corrected chi connectivity index (χ4v) is 1.46. The van der Waals surface area contributed by atoms with E-state index in [0.717, 1.165) is 5.56 Å². The lowest BCUT2D eigenvalue weighted by atomic mass is 10.1. The second-order valence-electron chi connectivity index (χ2n) is 3.02. The molecule has 0 saturated heterocycles. The van der Waals surface area contributed by atoms with Crippen molar-refractivity contribution >= 4 is 29.4 Å². The molecule has 76 valence electrons. The maximum atomic E-state index is 11.3. The summed E-state index contributed by atoms with van der Waals surface area (Å²) in [6.07, 6.45) is 1.72. The van der Waals surface area contributed by atoms with E-state index in [0.29, 0.717) is 11.3 Å². The van der Waals surface area contributed by atoms with Crippen molar-refractivity contribution in [3.05, 3.63) is 41.5 Å². The number of halogens is 1. The summed E-state index contributed by atoms with van der Waals surface area (Å²) in [4.78, 5) is 15.8. The minimum Gasteiger partial charge on any atom is -0.312 e. The van der Waals surface area contributed by atoms with Gasteiger partial charge in [0.1, 0.15) is 5.71 Å². The molecule has 0 N–H and O–H groups in total. The number of carbonyl (C=O) groups excluding carboxylic acids is 1. The van der Waals surface area contributed by atoms with Crippen molar-refractivity contribution in [2.45, 2.75) is 0 Å². The Morgan fingerprint density at radius 3 is 2.73 bits per heavy atom. The molecule has 0 aliphatic carbocycles. The molecule has 2 rings (SSSR count). The van der Waals surface area contributed by atoms with Gasteiger partial charge in [0.05, 0.1) is 11.5 Å². The van der Waals surface area contributed by atoms with Gasteiger partial charge in [0.2, 0.25) is 0 Å². The normalized spacial score (nSPS) is 17.8. The standard InChI is InChI=1S/C11H8ClNO2/c12-7-10-9(11(14)15-13-10)6-8-4-2-1-3-5-8/h1-6H,7H2/b9-6+. The lowest BCUT2D eigenvalue weighted by Gasteiger charge is -1.95. The summed E-state index contributed by atoms with van der Waals surface area (Å²) in [5.41, 5.74) is 1.82. The first kappa shape index (κ1) is 9.93. The van der Waals surface area contributed by atoms with E-state index in [1.165, 1.54) is 0 Å². The van der Waals surface area contributed by atoms with Crippen molar-refractivity contribution in [3.8, 4) is 0 Å². The Morgan fingerprint density at radius 2 is 2.07 bits per heavy atom. The van der Waals surface area contributed by atoms with Gasteiger partial charge in [-0.2, -0.15) is 0 Å². The van der Waals surface area contributed by atoms with Crippen LogP contribution in [0.2, 0.25) is 0 Å². The topological polar surface area (TPSA) is 38.7 Å². The van der Waals surface area contributed by atoms with Crippen molar-refractivity contribution in [2.75, 3.05) is 5.88 Å². The Hall–Kier alpha value is -1.61. The summed E-state index contributed by atoms with van der Waals surface area (Å²) in [5, 5.41) is 3.58. The molecule has 0 spiro atoms. The molecule has 1 aliphatic rings. The zero-order chi connectivity index (χ0) is 10.7. The zero-order valence-corrected chi connectivity index (χ0v) is 8.57. The summed E-state index contributed by atoms with van der Waals surface area (Å²) in [6, 6.07) is 9.48. The molecule has 1 aromatic carbocycles. The number of carbonyl (C=O) groups is 1. The quantitative estimate of drug-likeness (QED) is 0.436. The molecule has 0 unspecified atom stereocenters. The van der Waals surface area contributed by atoms with Crippen LogP contribution in [0.15, 0.2) is 41.1 Å². The van der Waals surface area contributed by atoms with Crippen LogP contribution < -0.4 is 0 Å². The second-order valence-corrected chi connectivity index (χ2v) is 3.29.